The average molecular weight is 393 g/mol. The van der Waals surface area contributed by atoms with E-state index in [2.05, 4.69) is 64.3 Å². The molecule has 0 fully saturated rings. The third-order valence-electron chi connectivity index (χ3n) is 4.69. The van der Waals surface area contributed by atoms with Crippen LogP contribution in [0.1, 0.15) is 30.8 Å². The highest BCUT2D eigenvalue weighted by molar-refractivity contribution is 7.99. The minimum absolute atomic E-state index is 0.587. The highest BCUT2D eigenvalue weighted by atomic mass is 32.2. The summed E-state index contributed by atoms with van der Waals surface area (Å²) in [5, 5.41) is 18.9. The molecular weight excluding hydrogens is 368 g/mol. The summed E-state index contributed by atoms with van der Waals surface area (Å²) in [5.41, 5.74) is 4.42. The molecule has 0 spiro atoms. The Morgan fingerprint density at radius 3 is 2.39 bits per heavy atom. The minimum Gasteiger partial charge on any atom is -0.372 e. The quantitative estimate of drug-likeness (QED) is 0.621. The van der Waals surface area contributed by atoms with Crippen LogP contribution < -0.4 is 4.90 Å². The van der Waals surface area contributed by atoms with Crippen molar-refractivity contribution in [3.8, 4) is 17.5 Å². The van der Waals surface area contributed by atoms with Crippen LogP contribution in [0.15, 0.2) is 40.4 Å². The summed E-state index contributed by atoms with van der Waals surface area (Å²) in [6, 6.07) is 12.6. The molecule has 7 heteroatoms. The lowest BCUT2D eigenvalue weighted by Gasteiger charge is -2.21. The van der Waals surface area contributed by atoms with Crippen LogP contribution in [-0.4, -0.2) is 32.8 Å². The van der Waals surface area contributed by atoms with E-state index in [4.69, 9.17) is 0 Å². The van der Waals surface area contributed by atoms with Gasteiger partial charge in [-0.2, -0.15) is 5.26 Å². The summed E-state index contributed by atoms with van der Waals surface area (Å²) in [6.07, 6.45) is 0. The van der Waals surface area contributed by atoms with Gasteiger partial charge in [0.2, 0.25) is 0 Å². The fourth-order valence-electron chi connectivity index (χ4n) is 3.17. The van der Waals surface area contributed by atoms with Crippen molar-refractivity contribution < 1.29 is 0 Å². The van der Waals surface area contributed by atoms with Crippen LogP contribution in [0.5, 0.6) is 0 Å². The number of hydrogen-bond donors (Lipinski definition) is 0. The molecule has 0 amide bonds. The molecule has 0 unspecified atom stereocenters. The lowest BCUT2D eigenvalue weighted by molar-refractivity contribution is 0.793. The predicted molar refractivity (Wildman–Crippen MR) is 113 cm³/mol. The second kappa shape index (κ2) is 8.44. The standard InChI is InChI=1S/C21H24N6S/c1-6-27(7-2)17-10-8-16(9-11-17)20-24-25-21(26(20)5)28-19-12-14(3)23-15(4)18(19)13-22/h8-12H,6-7H2,1-5H3. The van der Waals surface area contributed by atoms with Gasteiger partial charge in [-0.25, -0.2) is 0 Å². The van der Waals surface area contributed by atoms with E-state index in [0.717, 1.165) is 45.9 Å². The van der Waals surface area contributed by atoms with Gasteiger partial charge in [0.15, 0.2) is 11.0 Å². The third kappa shape index (κ3) is 3.87. The molecule has 0 bridgehead atoms. The summed E-state index contributed by atoms with van der Waals surface area (Å²) >= 11 is 1.44. The molecule has 3 rings (SSSR count). The highest BCUT2D eigenvalue weighted by Crippen LogP contribution is 2.32. The maximum atomic E-state index is 9.48. The first-order valence-corrected chi connectivity index (χ1v) is 10.1. The average Bonchev–Trinajstić information content (AvgIpc) is 3.03. The molecule has 0 radical (unpaired) electrons. The van der Waals surface area contributed by atoms with Crippen LogP contribution >= 0.6 is 11.8 Å². The summed E-state index contributed by atoms with van der Waals surface area (Å²) in [5.74, 6) is 0.801. The summed E-state index contributed by atoms with van der Waals surface area (Å²) < 4.78 is 1.96. The molecule has 0 atom stereocenters. The number of hydrogen-bond acceptors (Lipinski definition) is 6. The lowest BCUT2D eigenvalue weighted by Crippen LogP contribution is -2.21. The van der Waals surface area contributed by atoms with Crippen molar-refractivity contribution in [1.82, 2.24) is 19.7 Å². The Hall–Kier alpha value is -2.85. The van der Waals surface area contributed by atoms with Crippen LogP contribution in [-0.2, 0) is 7.05 Å². The fourth-order valence-corrected chi connectivity index (χ4v) is 4.20. The van der Waals surface area contributed by atoms with Crippen LogP contribution in [0.25, 0.3) is 11.4 Å². The molecule has 0 aliphatic heterocycles. The second-order valence-corrected chi connectivity index (χ2v) is 7.53. The zero-order valence-electron chi connectivity index (χ0n) is 16.9. The highest BCUT2D eigenvalue weighted by Gasteiger charge is 2.16. The van der Waals surface area contributed by atoms with Gasteiger partial charge in [-0.1, -0.05) is 0 Å². The van der Waals surface area contributed by atoms with Gasteiger partial charge in [-0.05, 0) is 69.8 Å². The molecular formula is C21H24N6S. The molecule has 0 saturated heterocycles. The number of aryl methyl sites for hydroxylation is 2. The zero-order valence-corrected chi connectivity index (χ0v) is 17.7. The lowest BCUT2D eigenvalue weighted by atomic mass is 10.2. The van der Waals surface area contributed by atoms with Gasteiger partial charge >= 0.3 is 0 Å². The van der Waals surface area contributed by atoms with Crippen molar-refractivity contribution in [2.75, 3.05) is 18.0 Å². The zero-order chi connectivity index (χ0) is 20.3. The summed E-state index contributed by atoms with van der Waals surface area (Å²) in [4.78, 5) is 7.53. The SMILES string of the molecule is CCN(CC)c1ccc(-c2nnc(Sc3cc(C)nc(C)c3C#N)n2C)cc1. The number of nitrogens with zero attached hydrogens (tertiary/aromatic N) is 6. The molecule has 144 valence electrons. The van der Waals surface area contributed by atoms with Crippen LogP contribution in [0.2, 0.25) is 0 Å². The molecule has 0 N–H and O–H groups in total. The number of aromatic nitrogens is 4. The normalized spacial score (nSPS) is 10.7. The van der Waals surface area contributed by atoms with E-state index in [-0.39, 0.29) is 0 Å². The van der Waals surface area contributed by atoms with Crippen LogP contribution in [0.3, 0.4) is 0 Å². The molecule has 0 aliphatic rings. The Labute approximate surface area is 170 Å². The van der Waals surface area contributed by atoms with E-state index >= 15 is 0 Å². The maximum absolute atomic E-state index is 9.48. The topological polar surface area (TPSA) is 70.6 Å². The Morgan fingerprint density at radius 2 is 1.79 bits per heavy atom. The second-order valence-electron chi connectivity index (χ2n) is 6.52. The van der Waals surface area contributed by atoms with E-state index in [0.29, 0.717) is 5.56 Å². The first kappa shape index (κ1) is 19.9. The van der Waals surface area contributed by atoms with Crippen LogP contribution in [0.4, 0.5) is 5.69 Å². The van der Waals surface area contributed by atoms with Gasteiger partial charge < -0.3 is 9.47 Å². The molecule has 3 aromatic rings. The van der Waals surface area contributed by atoms with E-state index in [1.807, 2.05) is 31.5 Å². The van der Waals surface area contributed by atoms with E-state index in [1.165, 1.54) is 17.4 Å². The number of benzene rings is 1. The van der Waals surface area contributed by atoms with Crippen molar-refractivity contribution in [2.45, 2.75) is 37.7 Å². The molecule has 0 aliphatic carbocycles. The first-order valence-electron chi connectivity index (χ1n) is 9.29. The first-order chi connectivity index (χ1) is 13.5. The molecule has 2 heterocycles. The predicted octanol–water partition coefficient (Wildman–Crippen LogP) is 4.36. The number of pyridine rings is 1. The van der Waals surface area contributed by atoms with Crippen LogP contribution in [0, 0.1) is 25.2 Å². The van der Waals surface area contributed by atoms with Gasteiger partial charge in [-0.3, -0.25) is 4.98 Å². The third-order valence-corrected chi connectivity index (χ3v) is 5.77. The molecule has 6 nitrogen and oxygen atoms in total. The van der Waals surface area contributed by atoms with Gasteiger partial charge in [0, 0.05) is 42.0 Å². The van der Waals surface area contributed by atoms with Crippen molar-refractivity contribution in [2.24, 2.45) is 7.05 Å². The van der Waals surface area contributed by atoms with Crippen molar-refractivity contribution in [3.05, 3.63) is 47.3 Å². The largest absolute Gasteiger partial charge is 0.372 e. The Balaban J connectivity index is 1.90. The van der Waals surface area contributed by atoms with Gasteiger partial charge in [0.05, 0.1) is 11.3 Å². The number of rotatable bonds is 6. The Kier molecular flexibility index (Phi) is 6.00. The monoisotopic (exact) mass is 392 g/mol. The van der Waals surface area contributed by atoms with Gasteiger partial charge in [0.1, 0.15) is 6.07 Å². The number of anilines is 1. The summed E-state index contributed by atoms with van der Waals surface area (Å²) in [6.45, 7) is 10.1. The van der Waals surface area contributed by atoms with Crippen molar-refractivity contribution in [1.29, 1.82) is 5.26 Å². The van der Waals surface area contributed by atoms with Gasteiger partial charge in [0.25, 0.3) is 0 Å². The van der Waals surface area contributed by atoms with Crippen molar-refractivity contribution in [3.63, 3.8) is 0 Å². The Bertz CT molecular complexity index is 1010. The number of nitriles is 1. The van der Waals surface area contributed by atoms with E-state index < -0.39 is 0 Å². The maximum Gasteiger partial charge on any atom is 0.196 e. The smallest absolute Gasteiger partial charge is 0.196 e. The fraction of sp³-hybridized carbons (Fsp3) is 0.333. The molecule has 28 heavy (non-hydrogen) atoms. The minimum atomic E-state index is 0.587. The molecule has 0 saturated carbocycles. The van der Waals surface area contributed by atoms with E-state index in [9.17, 15) is 5.26 Å². The van der Waals surface area contributed by atoms with Gasteiger partial charge in [-0.15, -0.1) is 10.2 Å². The Morgan fingerprint density at radius 1 is 1.11 bits per heavy atom. The van der Waals surface area contributed by atoms with E-state index in [1.54, 1.807) is 0 Å². The molecule has 2 aromatic heterocycles. The molecule has 1 aromatic carbocycles. The summed E-state index contributed by atoms with van der Waals surface area (Å²) in [7, 11) is 1.95. The van der Waals surface area contributed by atoms with Crippen molar-refractivity contribution >= 4 is 17.4 Å².